The van der Waals surface area contributed by atoms with E-state index in [9.17, 15) is 9.59 Å². The first-order valence-corrected chi connectivity index (χ1v) is 8.37. The van der Waals surface area contributed by atoms with Gasteiger partial charge in [0.2, 0.25) is 5.91 Å². The average molecular weight is 330 g/mol. The van der Waals surface area contributed by atoms with Gasteiger partial charge >= 0.3 is 0 Å². The highest BCUT2D eigenvalue weighted by molar-refractivity contribution is 7.13. The van der Waals surface area contributed by atoms with Crippen molar-refractivity contribution in [2.24, 2.45) is 5.73 Å². The molecule has 0 saturated carbocycles. The van der Waals surface area contributed by atoms with Crippen molar-refractivity contribution in [1.82, 2.24) is 9.88 Å². The van der Waals surface area contributed by atoms with E-state index in [-0.39, 0.29) is 11.8 Å². The van der Waals surface area contributed by atoms with Gasteiger partial charge < -0.3 is 16.0 Å². The molecule has 0 spiro atoms. The molecule has 1 unspecified atom stereocenters. The third kappa shape index (κ3) is 3.40. The molecule has 0 aliphatic carbocycles. The maximum atomic E-state index is 12.7. The monoisotopic (exact) mass is 330 g/mol. The maximum absolute atomic E-state index is 12.7. The highest BCUT2D eigenvalue weighted by Gasteiger charge is 2.34. The summed E-state index contributed by atoms with van der Waals surface area (Å²) >= 11 is 1.36. The number of carbonyl (C=O) groups is 2. The van der Waals surface area contributed by atoms with E-state index in [4.69, 9.17) is 5.73 Å². The SMILES string of the molecule is NCc1ccc(C(=O)N2CCCC2C(=O)Nc2nccs2)cc1. The Balaban J connectivity index is 1.72. The van der Waals surface area contributed by atoms with Crippen LogP contribution in [0.1, 0.15) is 28.8 Å². The molecule has 7 heteroatoms. The van der Waals surface area contributed by atoms with Crippen LogP contribution in [0.3, 0.4) is 0 Å². The van der Waals surface area contributed by atoms with E-state index in [1.54, 1.807) is 28.6 Å². The van der Waals surface area contributed by atoms with E-state index >= 15 is 0 Å². The van der Waals surface area contributed by atoms with Crippen LogP contribution in [0.2, 0.25) is 0 Å². The van der Waals surface area contributed by atoms with Gasteiger partial charge in [-0.25, -0.2) is 4.98 Å². The Kier molecular flexibility index (Phi) is 4.68. The first-order chi connectivity index (χ1) is 11.2. The predicted octanol–water partition coefficient (Wildman–Crippen LogP) is 1.85. The number of hydrogen-bond donors (Lipinski definition) is 2. The van der Waals surface area contributed by atoms with E-state index in [1.807, 2.05) is 12.1 Å². The number of likely N-dealkylation sites (tertiary alicyclic amines) is 1. The summed E-state index contributed by atoms with van der Waals surface area (Å²) in [5, 5.41) is 5.13. The zero-order valence-electron chi connectivity index (χ0n) is 12.6. The second kappa shape index (κ2) is 6.89. The minimum Gasteiger partial charge on any atom is -0.327 e. The zero-order chi connectivity index (χ0) is 16.2. The van der Waals surface area contributed by atoms with Crippen molar-refractivity contribution >= 4 is 28.3 Å². The number of hydrogen-bond acceptors (Lipinski definition) is 5. The van der Waals surface area contributed by atoms with E-state index in [0.29, 0.717) is 30.2 Å². The Hall–Kier alpha value is -2.25. The number of nitrogens with zero attached hydrogens (tertiary/aromatic N) is 2. The van der Waals surface area contributed by atoms with Crippen LogP contribution in [0.25, 0.3) is 0 Å². The van der Waals surface area contributed by atoms with E-state index in [0.717, 1.165) is 12.0 Å². The van der Waals surface area contributed by atoms with Crippen LogP contribution in [0.4, 0.5) is 5.13 Å². The first kappa shape index (κ1) is 15.6. The molecule has 120 valence electrons. The molecule has 1 fully saturated rings. The molecule has 3 rings (SSSR count). The standard InChI is InChI=1S/C16H18N4O2S/c17-10-11-3-5-12(6-4-11)15(22)20-8-1-2-13(20)14(21)19-16-18-7-9-23-16/h3-7,9,13H,1-2,8,10,17H2,(H,18,19,21). The Morgan fingerprint density at radius 1 is 1.35 bits per heavy atom. The van der Waals surface area contributed by atoms with E-state index in [2.05, 4.69) is 10.3 Å². The number of aromatic nitrogens is 1. The van der Waals surface area contributed by atoms with Gasteiger partial charge in [0.05, 0.1) is 0 Å². The van der Waals surface area contributed by atoms with Crippen LogP contribution in [0.5, 0.6) is 0 Å². The van der Waals surface area contributed by atoms with Crippen LogP contribution in [-0.2, 0) is 11.3 Å². The number of carbonyl (C=O) groups excluding carboxylic acids is 2. The third-order valence-electron chi connectivity index (χ3n) is 3.92. The first-order valence-electron chi connectivity index (χ1n) is 7.49. The van der Waals surface area contributed by atoms with Gasteiger partial charge in [-0.15, -0.1) is 11.3 Å². The lowest BCUT2D eigenvalue weighted by atomic mass is 10.1. The summed E-state index contributed by atoms with van der Waals surface area (Å²) in [6.07, 6.45) is 3.13. The maximum Gasteiger partial charge on any atom is 0.254 e. The highest BCUT2D eigenvalue weighted by atomic mass is 32.1. The molecular formula is C16H18N4O2S. The molecule has 1 aliphatic heterocycles. The van der Waals surface area contributed by atoms with Crippen LogP contribution in [-0.4, -0.2) is 34.3 Å². The van der Waals surface area contributed by atoms with E-state index in [1.165, 1.54) is 11.3 Å². The fraction of sp³-hybridized carbons (Fsp3) is 0.312. The van der Waals surface area contributed by atoms with Crippen molar-refractivity contribution in [3.63, 3.8) is 0 Å². The summed E-state index contributed by atoms with van der Waals surface area (Å²) in [5.74, 6) is -0.297. The van der Waals surface area contributed by atoms with Gasteiger partial charge in [-0.05, 0) is 30.5 Å². The number of anilines is 1. The molecule has 2 heterocycles. The fourth-order valence-corrected chi connectivity index (χ4v) is 3.24. The molecule has 23 heavy (non-hydrogen) atoms. The fourth-order valence-electron chi connectivity index (χ4n) is 2.71. The minimum atomic E-state index is -0.444. The quantitative estimate of drug-likeness (QED) is 0.895. The molecule has 1 atom stereocenters. The molecule has 1 aromatic heterocycles. The Labute approximate surface area is 138 Å². The van der Waals surface area contributed by atoms with Crippen LogP contribution in [0, 0.1) is 0 Å². The number of amides is 2. The van der Waals surface area contributed by atoms with Crippen LogP contribution in [0.15, 0.2) is 35.8 Å². The van der Waals surface area contributed by atoms with Gasteiger partial charge in [0.25, 0.3) is 5.91 Å². The minimum absolute atomic E-state index is 0.120. The molecule has 2 aromatic rings. The predicted molar refractivity (Wildman–Crippen MR) is 89.1 cm³/mol. The van der Waals surface area contributed by atoms with Gasteiger partial charge in [0, 0.05) is 30.2 Å². The number of nitrogens with one attached hydrogen (secondary N) is 1. The van der Waals surface area contributed by atoms with Crippen LogP contribution >= 0.6 is 11.3 Å². The number of rotatable bonds is 4. The molecule has 0 bridgehead atoms. The zero-order valence-corrected chi connectivity index (χ0v) is 13.4. The Morgan fingerprint density at radius 3 is 2.78 bits per heavy atom. The number of nitrogens with two attached hydrogens (primary N) is 1. The van der Waals surface area contributed by atoms with Crippen LogP contribution < -0.4 is 11.1 Å². The van der Waals surface area contributed by atoms with Crippen molar-refractivity contribution in [3.8, 4) is 0 Å². The van der Waals surface area contributed by atoms with E-state index < -0.39 is 6.04 Å². The van der Waals surface area contributed by atoms with Crippen molar-refractivity contribution < 1.29 is 9.59 Å². The van der Waals surface area contributed by atoms with Gasteiger partial charge in [-0.2, -0.15) is 0 Å². The topological polar surface area (TPSA) is 88.3 Å². The molecule has 6 nitrogen and oxygen atoms in total. The number of thiazole rings is 1. The van der Waals surface area contributed by atoms with Gasteiger partial charge in [-0.3, -0.25) is 9.59 Å². The highest BCUT2D eigenvalue weighted by Crippen LogP contribution is 2.22. The molecule has 1 aliphatic rings. The smallest absolute Gasteiger partial charge is 0.254 e. The van der Waals surface area contributed by atoms with Gasteiger partial charge in [0.1, 0.15) is 6.04 Å². The molecule has 3 N–H and O–H groups in total. The second-order valence-corrected chi connectivity index (χ2v) is 6.28. The van der Waals surface area contributed by atoms with Gasteiger partial charge in [-0.1, -0.05) is 12.1 Å². The Bertz CT molecular complexity index is 685. The van der Waals surface area contributed by atoms with Crippen molar-refractivity contribution in [3.05, 3.63) is 47.0 Å². The van der Waals surface area contributed by atoms with Crippen molar-refractivity contribution in [1.29, 1.82) is 0 Å². The summed E-state index contributed by atoms with van der Waals surface area (Å²) < 4.78 is 0. The summed E-state index contributed by atoms with van der Waals surface area (Å²) in [4.78, 5) is 30.8. The largest absolute Gasteiger partial charge is 0.327 e. The second-order valence-electron chi connectivity index (χ2n) is 5.38. The van der Waals surface area contributed by atoms with Crippen molar-refractivity contribution in [2.45, 2.75) is 25.4 Å². The summed E-state index contributed by atoms with van der Waals surface area (Å²) in [6, 6.07) is 6.76. The summed E-state index contributed by atoms with van der Waals surface area (Å²) in [5.41, 5.74) is 7.12. The molecule has 0 radical (unpaired) electrons. The lowest BCUT2D eigenvalue weighted by Gasteiger charge is -2.23. The molecular weight excluding hydrogens is 312 g/mol. The van der Waals surface area contributed by atoms with Gasteiger partial charge in [0.15, 0.2) is 5.13 Å². The Morgan fingerprint density at radius 2 is 2.13 bits per heavy atom. The summed E-state index contributed by atoms with van der Waals surface area (Å²) in [7, 11) is 0. The lowest BCUT2D eigenvalue weighted by molar-refractivity contribution is -0.119. The lowest BCUT2D eigenvalue weighted by Crippen LogP contribution is -2.43. The normalized spacial score (nSPS) is 17.3. The molecule has 1 saturated heterocycles. The summed E-state index contributed by atoms with van der Waals surface area (Å²) in [6.45, 7) is 1.03. The number of benzene rings is 1. The average Bonchev–Trinajstić information content (AvgIpc) is 3.25. The molecule has 2 amide bonds. The van der Waals surface area contributed by atoms with Crippen molar-refractivity contribution in [2.75, 3.05) is 11.9 Å². The molecule has 1 aromatic carbocycles. The third-order valence-corrected chi connectivity index (χ3v) is 4.60.